The number of carbonyl (C=O) groups is 1. The highest BCUT2D eigenvalue weighted by Gasteiger charge is 2.25. The lowest BCUT2D eigenvalue weighted by molar-refractivity contribution is 0.177. The molecular weight excluding hydrogens is 232 g/mol. The zero-order valence-electron chi connectivity index (χ0n) is 8.13. The van der Waals surface area contributed by atoms with Gasteiger partial charge in [0.2, 0.25) is 0 Å². The van der Waals surface area contributed by atoms with Crippen LogP contribution in [0.1, 0.15) is 13.8 Å². The lowest BCUT2D eigenvalue weighted by atomic mass is 10.1. The van der Waals surface area contributed by atoms with Gasteiger partial charge in [-0.15, -0.1) is 11.6 Å². The van der Waals surface area contributed by atoms with Crippen LogP contribution in [0.15, 0.2) is 0 Å². The molecule has 0 spiro atoms. The highest BCUT2D eigenvalue weighted by Crippen LogP contribution is 2.05. The number of alkyl halides is 1. The molecule has 14 heavy (non-hydrogen) atoms. The third-order valence-corrected chi connectivity index (χ3v) is 3.07. The van der Waals surface area contributed by atoms with Crippen LogP contribution in [0.3, 0.4) is 0 Å². The molecule has 6 nitrogen and oxygen atoms in total. The molecule has 0 aliphatic carbocycles. The minimum absolute atomic E-state index is 0.0785. The third-order valence-electron chi connectivity index (χ3n) is 1.15. The molecule has 0 aliphatic rings. The summed E-state index contributed by atoms with van der Waals surface area (Å²) in [5.41, 5.74) is -0.832. The van der Waals surface area contributed by atoms with Gasteiger partial charge in [-0.1, -0.05) is 0 Å². The maximum atomic E-state index is 11.2. The van der Waals surface area contributed by atoms with Crippen molar-refractivity contribution in [3.05, 3.63) is 0 Å². The molecule has 0 unspecified atom stereocenters. The van der Waals surface area contributed by atoms with Crippen LogP contribution in [-0.4, -0.2) is 33.0 Å². The fraction of sp³-hybridized carbons (Fsp3) is 0.833. The smallest absolute Gasteiger partial charge is 0.421 e. The van der Waals surface area contributed by atoms with Gasteiger partial charge in [-0.3, -0.25) is 0 Å². The quantitative estimate of drug-likeness (QED) is 0.692. The van der Waals surface area contributed by atoms with Crippen LogP contribution < -0.4 is 9.44 Å². The Bertz CT molecular complexity index is 301. The van der Waals surface area contributed by atoms with Crippen molar-refractivity contribution in [2.45, 2.75) is 19.4 Å². The van der Waals surface area contributed by atoms with Crippen LogP contribution >= 0.6 is 11.6 Å². The fourth-order valence-electron chi connectivity index (χ4n) is 0.568. The van der Waals surface area contributed by atoms with Crippen molar-refractivity contribution < 1.29 is 17.9 Å². The average Bonchev–Trinajstić information content (AvgIpc) is 2.01. The molecule has 0 bridgehead atoms. The zero-order valence-corrected chi connectivity index (χ0v) is 9.70. The van der Waals surface area contributed by atoms with E-state index in [0.29, 0.717) is 0 Å². The topological polar surface area (TPSA) is 84.5 Å². The van der Waals surface area contributed by atoms with Gasteiger partial charge in [0.15, 0.2) is 0 Å². The number of rotatable bonds is 4. The Hall–Kier alpha value is -0.530. The second-order valence-electron chi connectivity index (χ2n) is 3.22. The molecule has 0 saturated carbocycles. The SMILES string of the molecule is COC(=O)NS(=O)(=O)NC(C)(C)CCl. The molecule has 0 rings (SSSR count). The molecule has 0 saturated heterocycles. The standard InChI is InChI=1S/C6H13ClN2O4S/c1-6(2,4-7)9-14(11,12)8-5(10)13-3/h9H,4H2,1-3H3,(H,8,10). The number of hydrogen-bond donors (Lipinski definition) is 2. The summed E-state index contributed by atoms with van der Waals surface area (Å²) in [6.07, 6.45) is -1.05. The second-order valence-corrected chi connectivity index (χ2v) is 4.90. The number of amides is 1. The van der Waals surface area contributed by atoms with E-state index in [1.54, 1.807) is 18.6 Å². The van der Waals surface area contributed by atoms with Crippen molar-refractivity contribution in [2.75, 3.05) is 13.0 Å². The molecule has 0 radical (unpaired) electrons. The minimum Gasteiger partial charge on any atom is -0.452 e. The summed E-state index contributed by atoms with van der Waals surface area (Å²) in [5, 5.41) is 0. The van der Waals surface area contributed by atoms with Gasteiger partial charge in [0.1, 0.15) is 0 Å². The van der Waals surface area contributed by atoms with Crippen molar-refractivity contribution in [1.29, 1.82) is 0 Å². The monoisotopic (exact) mass is 244 g/mol. The molecule has 0 fully saturated rings. The van der Waals surface area contributed by atoms with Crippen molar-refractivity contribution in [1.82, 2.24) is 9.44 Å². The van der Waals surface area contributed by atoms with Crippen molar-refractivity contribution in [2.24, 2.45) is 0 Å². The molecule has 0 aliphatic heterocycles. The number of hydrogen-bond acceptors (Lipinski definition) is 4. The van der Waals surface area contributed by atoms with Crippen molar-refractivity contribution >= 4 is 27.9 Å². The van der Waals surface area contributed by atoms with Crippen LogP contribution in [-0.2, 0) is 14.9 Å². The molecular formula is C6H13ClN2O4S. The van der Waals surface area contributed by atoms with E-state index in [9.17, 15) is 13.2 Å². The summed E-state index contributed by atoms with van der Waals surface area (Å²) in [4.78, 5) is 10.6. The summed E-state index contributed by atoms with van der Waals surface area (Å²) in [6, 6.07) is 0. The van der Waals surface area contributed by atoms with Crippen molar-refractivity contribution in [3.63, 3.8) is 0 Å². The van der Waals surface area contributed by atoms with E-state index in [-0.39, 0.29) is 5.88 Å². The molecule has 0 heterocycles. The lowest BCUT2D eigenvalue weighted by Crippen LogP contribution is -2.51. The summed E-state index contributed by atoms with van der Waals surface area (Å²) in [7, 11) is -2.85. The Kier molecular flexibility index (Phi) is 4.63. The fourth-order valence-corrected chi connectivity index (χ4v) is 1.87. The van der Waals surface area contributed by atoms with E-state index < -0.39 is 21.8 Å². The Labute approximate surface area is 88.1 Å². The van der Waals surface area contributed by atoms with E-state index in [0.717, 1.165) is 7.11 Å². The van der Waals surface area contributed by atoms with Gasteiger partial charge >= 0.3 is 16.3 Å². The molecule has 8 heteroatoms. The maximum absolute atomic E-state index is 11.2. The average molecular weight is 245 g/mol. The number of ether oxygens (including phenoxy) is 1. The molecule has 0 aromatic carbocycles. The largest absolute Gasteiger partial charge is 0.452 e. The Balaban J connectivity index is 4.44. The molecule has 1 amide bonds. The molecule has 2 N–H and O–H groups in total. The summed E-state index contributed by atoms with van der Waals surface area (Å²) in [5.74, 6) is 0.0785. The predicted octanol–water partition coefficient (Wildman–Crippen LogP) is 0.194. The number of methoxy groups -OCH3 is 1. The van der Waals surface area contributed by atoms with Gasteiger partial charge in [0, 0.05) is 11.4 Å². The van der Waals surface area contributed by atoms with Gasteiger partial charge in [-0.05, 0) is 13.8 Å². The minimum atomic E-state index is -3.92. The van der Waals surface area contributed by atoms with Crippen molar-refractivity contribution in [3.8, 4) is 0 Å². The second kappa shape index (κ2) is 4.81. The van der Waals surface area contributed by atoms with Gasteiger partial charge < -0.3 is 4.74 Å². The van der Waals surface area contributed by atoms with Crippen LogP contribution in [0, 0.1) is 0 Å². The summed E-state index contributed by atoms with van der Waals surface area (Å²) < 4.78 is 30.3. The van der Waals surface area contributed by atoms with Crippen LogP contribution in [0.2, 0.25) is 0 Å². The highest BCUT2D eigenvalue weighted by molar-refractivity contribution is 7.88. The van der Waals surface area contributed by atoms with Crippen LogP contribution in [0.25, 0.3) is 0 Å². The summed E-state index contributed by atoms with van der Waals surface area (Å²) >= 11 is 5.50. The maximum Gasteiger partial charge on any atom is 0.421 e. The highest BCUT2D eigenvalue weighted by atomic mass is 35.5. The van der Waals surface area contributed by atoms with E-state index in [1.165, 1.54) is 0 Å². The van der Waals surface area contributed by atoms with Gasteiger partial charge in [-0.25, -0.2) is 9.52 Å². The first-order chi connectivity index (χ1) is 6.22. The van der Waals surface area contributed by atoms with Crippen LogP contribution in [0.4, 0.5) is 4.79 Å². The summed E-state index contributed by atoms with van der Waals surface area (Å²) in [6.45, 7) is 3.16. The first-order valence-electron chi connectivity index (χ1n) is 3.68. The number of halogens is 1. The van der Waals surface area contributed by atoms with E-state index in [2.05, 4.69) is 9.46 Å². The van der Waals surface area contributed by atoms with Crippen LogP contribution in [0.5, 0.6) is 0 Å². The zero-order chi connectivity index (χ0) is 11.4. The van der Waals surface area contributed by atoms with E-state index >= 15 is 0 Å². The Morgan fingerprint density at radius 3 is 2.36 bits per heavy atom. The predicted molar refractivity (Wildman–Crippen MR) is 52.4 cm³/mol. The Morgan fingerprint density at radius 1 is 1.50 bits per heavy atom. The first kappa shape index (κ1) is 13.5. The first-order valence-corrected chi connectivity index (χ1v) is 5.70. The molecule has 84 valence electrons. The Morgan fingerprint density at radius 2 is 2.00 bits per heavy atom. The lowest BCUT2D eigenvalue weighted by Gasteiger charge is -2.22. The molecule has 0 aromatic heterocycles. The molecule has 0 aromatic rings. The normalized spacial score (nSPS) is 12.3. The third kappa shape index (κ3) is 5.25. The van der Waals surface area contributed by atoms with Gasteiger partial charge in [0.25, 0.3) is 0 Å². The van der Waals surface area contributed by atoms with Gasteiger partial charge in [-0.2, -0.15) is 13.1 Å². The van der Waals surface area contributed by atoms with Gasteiger partial charge in [0.05, 0.1) is 7.11 Å². The van der Waals surface area contributed by atoms with E-state index in [4.69, 9.17) is 11.6 Å². The number of nitrogens with one attached hydrogen (secondary N) is 2. The van der Waals surface area contributed by atoms with E-state index in [1.807, 2.05) is 0 Å². The number of carbonyl (C=O) groups excluding carboxylic acids is 1. The molecule has 0 atom stereocenters.